The van der Waals surface area contributed by atoms with Crippen LogP contribution in [0.4, 0.5) is 4.79 Å². The predicted molar refractivity (Wildman–Crippen MR) is 40.8 cm³/mol. The third-order valence-electron chi connectivity index (χ3n) is 1.17. The quantitative estimate of drug-likeness (QED) is 0.587. The highest BCUT2D eigenvalue weighted by molar-refractivity contribution is 7.97. The molecule has 0 aromatic carbocycles. The molecular weight excluding hydrogens is 150 g/mol. The Hall–Kier alpha value is -0.380. The molecule has 0 N–H and O–H groups in total. The molecule has 0 atom stereocenters. The zero-order chi connectivity index (χ0) is 7.40. The van der Waals surface area contributed by atoms with Crippen molar-refractivity contribution in [3.8, 4) is 0 Å². The van der Waals surface area contributed by atoms with E-state index in [1.54, 1.807) is 16.3 Å². The smallest absolute Gasteiger partial charge is 0.420 e. The first-order valence-corrected chi connectivity index (χ1v) is 4.36. The molecule has 0 spiro atoms. The monoisotopic (exact) mass is 161 g/mol. The molecule has 1 rings (SSSR count). The minimum atomic E-state index is -0.182. The Balaban J connectivity index is 2.20. The van der Waals surface area contributed by atoms with E-state index in [2.05, 4.69) is 6.92 Å². The number of hydrogen-bond acceptors (Lipinski definition) is 3. The van der Waals surface area contributed by atoms with Gasteiger partial charge in [-0.2, -0.15) is 0 Å². The predicted octanol–water partition coefficient (Wildman–Crippen LogP) is 1.50. The van der Waals surface area contributed by atoms with Gasteiger partial charge in [0.1, 0.15) is 6.61 Å². The fraction of sp³-hybridized carbons (Fsp3) is 0.833. The van der Waals surface area contributed by atoms with Gasteiger partial charge in [-0.05, 0) is 18.4 Å². The molecular formula is C6H11NO2S. The standard InChI is InChI=1S/C6H11NO2S/c1-2-5-10-7-3-4-9-6(7)8/h2-5H2,1H3. The zero-order valence-corrected chi connectivity index (χ0v) is 6.82. The maximum absolute atomic E-state index is 10.8. The van der Waals surface area contributed by atoms with E-state index in [-0.39, 0.29) is 6.09 Å². The van der Waals surface area contributed by atoms with Crippen LogP contribution in [0.2, 0.25) is 0 Å². The zero-order valence-electron chi connectivity index (χ0n) is 6.00. The Bertz CT molecular complexity index is 129. The molecule has 3 nitrogen and oxygen atoms in total. The molecule has 0 unspecified atom stereocenters. The lowest BCUT2D eigenvalue weighted by atomic mass is 10.6. The van der Waals surface area contributed by atoms with Crippen LogP contribution in [0.1, 0.15) is 13.3 Å². The van der Waals surface area contributed by atoms with Gasteiger partial charge >= 0.3 is 6.09 Å². The van der Waals surface area contributed by atoms with Gasteiger partial charge in [0.15, 0.2) is 0 Å². The minimum absolute atomic E-state index is 0.182. The molecule has 0 aliphatic carbocycles. The molecule has 0 saturated carbocycles. The number of cyclic esters (lactones) is 1. The lowest BCUT2D eigenvalue weighted by Gasteiger charge is -2.08. The third-order valence-corrected chi connectivity index (χ3v) is 2.41. The van der Waals surface area contributed by atoms with Crippen LogP contribution in [0.3, 0.4) is 0 Å². The van der Waals surface area contributed by atoms with E-state index < -0.39 is 0 Å². The maximum atomic E-state index is 10.8. The van der Waals surface area contributed by atoms with Crippen molar-refractivity contribution in [1.82, 2.24) is 4.31 Å². The molecule has 0 aromatic rings. The number of carbonyl (C=O) groups is 1. The molecule has 0 aromatic heterocycles. The van der Waals surface area contributed by atoms with Gasteiger partial charge in [-0.1, -0.05) is 6.92 Å². The Morgan fingerprint density at radius 3 is 3.10 bits per heavy atom. The van der Waals surface area contributed by atoms with Crippen molar-refractivity contribution in [2.24, 2.45) is 0 Å². The van der Waals surface area contributed by atoms with Gasteiger partial charge in [0.25, 0.3) is 0 Å². The van der Waals surface area contributed by atoms with Crippen molar-refractivity contribution < 1.29 is 9.53 Å². The Morgan fingerprint density at radius 2 is 2.60 bits per heavy atom. The van der Waals surface area contributed by atoms with E-state index in [0.29, 0.717) is 6.61 Å². The molecule has 0 radical (unpaired) electrons. The third kappa shape index (κ3) is 1.80. The van der Waals surface area contributed by atoms with Gasteiger partial charge in [-0.25, -0.2) is 9.10 Å². The van der Waals surface area contributed by atoms with Crippen LogP contribution in [0, 0.1) is 0 Å². The molecule has 1 aliphatic heterocycles. The summed E-state index contributed by atoms with van der Waals surface area (Å²) in [5.74, 6) is 0.995. The van der Waals surface area contributed by atoms with E-state index in [1.807, 2.05) is 0 Å². The van der Waals surface area contributed by atoms with E-state index >= 15 is 0 Å². The molecule has 58 valence electrons. The van der Waals surface area contributed by atoms with Crippen LogP contribution in [0.5, 0.6) is 0 Å². The van der Waals surface area contributed by atoms with Crippen LogP contribution in [0.25, 0.3) is 0 Å². The maximum Gasteiger partial charge on any atom is 0.420 e. The van der Waals surface area contributed by atoms with E-state index in [0.717, 1.165) is 18.7 Å². The summed E-state index contributed by atoms with van der Waals surface area (Å²) in [6.45, 7) is 3.38. The van der Waals surface area contributed by atoms with Gasteiger partial charge < -0.3 is 4.74 Å². The van der Waals surface area contributed by atoms with Gasteiger partial charge in [0, 0.05) is 5.75 Å². The average molecular weight is 161 g/mol. The fourth-order valence-corrected chi connectivity index (χ4v) is 1.46. The topological polar surface area (TPSA) is 29.5 Å². The normalized spacial score (nSPS) is 17.7. The van der Waals surface area contributed by atoms with Crippen LogP contribution in [-0.2, 0) is 4.74 Å². The summed E-state index contributed by atoms with van der Waals surface area (Å²) in [6, 6.07) is 0. The summed E-state index contributed by atoms with van der Waals surface area (Å²) in [5, 5.41) is 0. The average Bonchev–Trinajstić information content (AvgIpc) is 2.31. The second-order valence-corrected chi connectivity index (χ2v) is 3.16. The molecule has 1 heterocycles. The summed E-state index contributed by atoms with van der Waals surface area (Å²) >= 11 is 1.55. The van der Waals surface area contributed by atoms with E-state index in [1.165, 1.54) is 0 Å². The molecule has 4 heteroatoms. The number of carbonyl (C=O) groups excluding carboxylic acids is 1. The lowest BCUT2D eigenvalue weighted by Crippen LogP contribution is -2.15. The summed E-state index contributed by atoms with van der Waals surface area (Å²) in [4.78, 5) is 10.8. The molecule has 1 aliphatic rings. The van der Waals surface area contributed by atoms with Gasteiger partial charge in [-0.3, -0.25) is 0 Å². The second-order valence-electron chi connectivity index (χ2n) is 2.05. The van der Waals surface area contributed by atoms with Gasteiger partial charge in [-0.15, -0.1) is 0 Å². The minimum Gasteiger partial charge on any atom is -0.447 e. The van der Waals surface area contributed by atoms with Crippen molar-refractivity contribution in [2.75, 3.05) is 18.9 Å². The SMILES string of the molecule is CCCSN1CCOC1=O. The molecule has 10 heavy (non-hydrogen) atoms. The summed E-state index contributed by atoms with van der Waals surface area (Å²) in [7, 11) is 0. The molecule has 1 saturated heterocycles. The number of rotatable bonds is 3. The molecule has 1 fully saturated rings. The van der Waals surface area contributed by atoms with Crippen LogP contribution < -0.4 is 0 Å². The molecule has 1 amide bonds. The van der Waals surface area contributed by atoms with Crippen LogP contribution in [0.15, 0.2) is 0 Å². The highest BCUT2D eigenvalue weighted by Crippen LogP contribution is 2.16. The largest absolute Gasteiger partial charge is 0.447 e. The number of nitrogens with zero attached hydrogens (tertiary/aromatic N) is 1. The van der Waals surface area contributed by atoms with Crippen molar-refractivity contribution >= 4 is 18.0 Å². The van der Waals surface area contributed by atoms with Crippen molar-refractivity contribution in [3.05, 3.63) is 0 Å². The first kappa shape index (κ1) is 7.72. The highest BCUT2D eigenvalue weighted by Gasteiger charge is 2.21. The van der Waals surface area contributed by atoms with E-state index in [9.17, 15) is 4.79 Å². The Kier molecular flexibility index (Phi) is 2.86. The number of hydrogen-bond donors (Lipinski definition) is 0. The van der Waals surface area contributed by atoms with Crippen LogP contribution >= 0.6 is 11.9 Å². The summed E-state index contributed by atoms with van der Waals surface area (Å²) < 4.78 is 6.40. The first-order valence-electron chi connectivity index (χ1n) is 3.42. The Labute approximate surface area is 64.9 Å². The second kappa shape index (κ2) is 3.71. The van der Waals surface area contributed by atoms with Gasteiger partial charge in [0.05, 0.1) is 6.54 Å². The van der Waals surface area contributed by atoms with Crippen molar-refractivity contribution in [1.29, 1.82) is 0 Å². The fourth-order valence-electron chi connectivity index (χ4n) is 0.698. The number of amides is 1. The van der Waals surface area contributed by atoms with Crippen LogP contribution in [-0.4, -0.2) is 29.3 Å². The Morgan fingerprint density at radius 1 is 1.80 bits per heavy atom. The highest BCUT2D eigenvalue weighted by atomic mass is 32.2. The lowest BCUT2D eigenvalue weighted by molar-refractivity contribution is 0.171. The summed E-state index contributed by atoms with van der Waals surface area (Å²) in [5.41, 5.74) is 0. The molecule has 0 bridgehead atoms. The van der Waals surface area contributed by atoms with Crippen molar-refractivity contribution in [2.45, 2.75) is 13.3 Å². The van der Waals surface area contributed by atoms with Gasteiger partial charge in [0.2, 0.25) is 0 Å². The first-order chi connectivity index (χ1) is 4.84. The van der Waals surface area contributed by atoms with E-state index in [4.69, 9.17) is 4.74 Å². The number of ether oxygens (including phenoxy) is 1. The summed E-state index contributed by atoms with van der Waals surface area (Å²) in [6.07, 6.45) is 0.910. The van der Waals surface area contributed by atoms with Crippen molar-refractivity contribution in [3.63, 3.8) is 0 Å².